The third kappa shape index (κ3) is 2.66. The van der Waals surface area contributed by atoms with Crippen LogP contribution >= 0.6 is 0 Å². The minimum Gasteiger partial charge on any atom is -0.394 e. The maximum absolute atomic E-state index is 9.89. The van der Waals surface area contributed by atoms with Crippen molar-refractivity contribution < 1.29 is 5.11 Å². The molecule has 2 aliphatic rings. The number of fused-ring (bicyclic) bond motifs is 1. The fraction of sp³-hybridized carbons (Fsp3) is 0.750. The topological polar surface area (TPSA) is 58.0 Å². The summed E-state index contributed by atoms with van der Waals surface area (Å²) in [5.74, 6) is 1.74. The lowest BCUT2D eigenvalue weighted by molar-refractivity contribution is 0.155. The number of hydrogen-bond donors (Lipinski definition) is 2. The number of rotatable bonds is 3. The van der Waals surface area contributed by atoms with Crippen LogP contribution in [0, 0.1) is 5.92 Å². The van der Waals surface area contributed by atoms with Gasteiger partial charge in [-0.3, -0.25) is 0 Å². The molecule has 0 spiro atoms. The normalized spacial score (nSPS) is 29.8. The number of aliphatic hydroxyl groups is 1. The van der Waals surface area contributed by atoms with Gasteiger partial charge in [0.05, 0.1) is 12.1 Å². The minimum absolute atomic E-state index is 0.175. The van der Waals surface area contributed by atoms with Crippen LogP contribution in [0.2, 0.25) is 0 Å². The summed E-state index contributed by atoms with van der Waals surface area (Å²) < 4.78 is 0. The summed E-state index contributed by atoms with van der Waals surface area (Å²) in [5.41, 5.74) is 2.31. The number of anilines is 1. The SMILES string of the molecule is CC1CCC(CO)(Nc2ncnc3c2CCCC3)CC1. The zero-order chi connectivity index (χ0) is 14.0. The summed E-state index contributed by atoms with van der Waals surface area (Å²) in [7, 11) is 0. The molecule has 0 amide bonds. The number of aromatic nitrogens is 2. The molecule has 0 saturated heterocycles. The average Bonchev–Trinajstić information content (AvgIpc) is 2.50. The Morgan fingerprint density at radius 1 is 1.25 bits per heavy atom. The monoisotopic (exact) mass is 275 g/mol. The lowest BCUT2D eigenvalue weighted by Crippen LogP contribution is -2.45. The van der Waals surface area contributed by atoms with Crippen molar-refractivity contribution in [3.63, 3.8) is 0 Å². The fourth-order valence-corrected chi connectivity index (χ4v) is 3.52. The molecule has 0 unspecified atom stereocenters. The van der Waals surface area contributed by atoms with Crippen LogP contribution in [0.1, 0.15) is 56.7 Å². The van der Waals surface area contributed by atoms with E-state index in [1.165, 1.54) is 36.9 Å². The molecule has 110 valence electrons. The van der Waals surface area contributed by atoms with Crippen LogP contribution in [0.3, 0.4) is 0 Å². The maximum Gasteiger partial charge on any atom is 0.133 e. The highest BCUT2D eigenvalue weighted by Crippen LogP contribution is 2.35. The zero-order valence-electron chi connectivity index (χ0n) is 12.4. The zero-order valence-corrected chi connectivity index (χ0v) is 12.4. The van der Waals surface area contributed by atoms with Crippen molar-refractivity contribution >= 4 is 5.82 Å². The summed E-state index contributed by atoms with van der Waals surface area (Å²) in [6.45, 7) is 2.49. The van der Waals surface area contributed by atoms with Crippen molar-refractivity contribution in [1.29, 1.82) is 0 Å². The molecule has 20 heavy (non-hydrogen) atoms. The smallest absolute Gasteiger partial charge is 0.133 e. The van der Waals surface area contributed by atoms with Crippen LogP contribution in [0.4, 0.5) is 5.82 Å². The number of nitrogens with zero attached hydrogens (tertiary/aromatic N) is 2. The van der Waals surface area contributed by atoms with Crippen molar-refractivity contribution in [2.75, 3.05) is 11.9 Å². The van der Waals surface area contributed by atoms with Gasteiger partial charge in [0.2, 0.25) is 0 Å². The molecule has 1 aromatic rings. The molecule has 0 aliphatic heterocycles. The molecule has 0 atom stereocenters. The van der Waals surface area contributed by atoms with Gasteiger partial charge in [0.25, 0.3) is 0 Å². The van der Waals surface area contributed by atoms with Crippen LogP contribution in [-0.2, 0) is 12.8 Å². The highest BCUT2D eigenvalue weighted by atomic mass is 16.3. The fourth-order valence-electron chi connectivity index (χ4n) is 3.52. The molecule has 1 heterocycles. The van der Waals surface area contributed by atoms with Gasteiger partial charge in [-0.25, -0.2) is 9.97 Å². The Morgan fingerprint density at radius 3 is 2.75 bits per heavy atom. The second kappa shape index (κ2) is 5.68. The Hall–Kier alpha value is -1.16. The molecule has 2 N–H and O–H groups in total. The van der Waals surface area contributed by atoms with Crippen molar-refractivity contribution in [1.82, 2.24) is 9.97 Å². The van der Waals surface area contributed by atoms with Crippen LogP contribution in [0.15, 0.2) is 6.33 Å². The molecule has 0 radical (unpaired) electrons. The largest absolute Gasteiger partial charge is 0.394 e. The van der Waals surface area contributed by atoms with Crippen LogP contribution in [0.25, 0.3) is 0 Å². The Balaban J connectivity index is 1.83. The van der Waals surface area contributed by atoms with Crippen molar-refractivity contribution in [2.45, 2.75) is 63.8 Å². The first-order valence-electron chi connectivity index (χ1n) is 7.94. The molecule has 0 aromatic carbocycles. The van der Waals surface area contributed by atoms with Gasteiger partial charge in [-0.2, -0.15) is 0 Å². The van der Waals surface area contributed by atoms with E-state index in [0.717, 1.165) is 37.4 Å². The molecule has 3 rings (SSSR count). The van der Waals surface area contributed by atoms with Gasteiger partial charge < -0.3 is 10.4 Å². The molecular weight excluding hydrogens is 250 g/mol. The van der Waals surface area contributed by atoms with Gasteiger partial charge in [-0.15, -0.1) is 0 Å². The van der Waals surface area contributed by atoms with E-state index in [4.69, 9.17) is 0 Å². The van der Waals surface area contributed by atoms with Crippen molar-refractivity contribution in [2.24, 2.45) is 5.92 Å². The Labute approximate surface area is 121 Å². The van der Waals surface area contributed by atoms with E-state index < -0.39 is 0 Å². The van der Waals surface area contributed by atoms with Gasteiger partial charge in [-0.05, 0) is 57.3 Å². The second-order valence-corrected chi connectivity index (χ2v) is 6.60. The molecule has 4 heteroatoms. The van der Waals surface area contributed by atoms with Gasteiger partial charge in [-0.1, -0.05) is 6.92 Å². The molecule has 1 aromatic heterocycles. The van der Waals surface area contributed by atoms with Crippen molar-refractivity contribution in [3.05, 3.63) is 17.6 Å². The quantitative estimate of drug-likeness (QED) is 0.890. The van der Waals surface area contributed by atoms with Crippen molar-refractivity contribution in [3.8, 4) is 0 Å². The van der Waals surface area contributed by atoms with Gasteiger partial charge in [0, 0.05) is 11.3 Å². The van der Waals surface area contributed by atoms with E-state index in [-0.39, 0.29) is 12.1 Å². The van der Waals surface area contributed by atoms with E-state index in [0.29, 0.717) is 0 Å². The number of hydrogen-bond acceptors (Lipinski definition) is 4. The third-order valence-electron chi connectivity index (χ3n) is 5.04. The summed E-state index contributed by atoms with van der Waals surface area (Å²) in [6, 6.07) is 0. The minimum atomic E-state index is -0.175. The van der Waals surface area contributed by atoms with E-state index >= 15 is 0 Å². The van der Waals surface area contributed by atoms with Gasteiger partial charge in [0.15, 0.2) is 0 Å². The van der Waals surface area contributed by atoms with E-state index in [2.05, 4.69) is 22.2 Å². The first kappa shape index (κ1) is 13.8. The van der Waals surface area contributed by atoms with Crippen LogP contribution in [0.5, 0.6) is 0 Å². The summed E-state index contributed by atoms with van der Waals surface area (Å²) in [4.78, 5) is 8.88. The van der Waals surface area contributed by atoms with Crippen LogP contribution in [-0.4, -0.2) is 27.2 Å². The molecule has 2 aliphatic carbocycles. The highest BCUT2D eigenvalue weighted by Gasteiger charge is 2.34. The van der Waals surface area contributed by atoms with Crippen LogP contribution < -0.4 is 5.32 Å². The predicted molar refractivity (Wildman–Crippen MR) is 79.7 cm³/mol. The summed E-state index contributed by atoms with van der Waals surface area (Å²) in [6.07, 6.45) is 10.7. The predicted octanol–water partition coefficient (Wildman–Crippen LogP) is 2.71. The average molecular weight is 275 g/mol. The molecular formula is C16H25N3O. The van der Waals surface area contributed by atoms with E-state index in [1.54, 1.807) is 6.33 Å². The molecule has 1 saturated carbocycles. The van der Waals surface area contributed by atoms with Gasteiger partial charge in [0.1, 0.15) is 12.1 Å². The first-order chi connectivity index (χ1) is 9.72. The number of aliphatic hydroxyl groups excluding tert-OH is 1. The second-order valence-electron chi connectivity index (χ2n) is 6.60. The highest BCUT2D eigenvalue weighted by molar-refractivity contribution is 5.49. The molecule has 4 nitrogen and oxygen atoms in total. The number of nitrogens with one attached hydrogen (secondary N) is 1. The third-order valence-corrected chi connectivity index (χ3v) is 5.04. The first-order valence-corrected chi connectivity index (χ1v) is 7.94. The summed E-state index contributed by atoms with van der Waals surface area (Å²) in [5, 5.41) is 13.5. The molecule has 1 fully saturated rings. The van der Waals surface area contributed by atoms with E-state index in [9.17, 15) is 5.11 Å². The Morgan fingerprint density at radius 2 is 2.00 bits per heavy atom. The lowest BCUT2D eigenvalue weighted by atomic mass is 9.77. The maximum atomic E-state index is 9.89. The Kier molecular flexibility index (Phi) is 3.92. The van der Waals surface area contributed by atoms with Gasteiger partial charge >= 0.3 is 0 Å². The summed E-state index contributed by atoms with van der Waals surface area (Å²) >= 11 is 0. The Bertz CT molecular complexity index is 467. The van der Waals surface area contributed by atoms with E-state index in [1.807, 2.05) is 0 Å². The lowest BCUT2D eigenvalue weighted by Gasteiger charge is -2.39. The molecule has 0 bridgehead atoms. The number of aryl methyl sites for hydroxylation is 1. The standard InChI is InChI=1S/C16H25N3O/c1-12-6-8-16(10-20,9-7-12)19-15-13-4-2-3-5-14(13)17-11-18-15/h11-12,20H,2-10H2,1H3,(H,17,18,19).